The van der Waals surface area contributed by atoms with Crippen molar-refractivity contribution in [2.75, 3.05) is 18.2 Å². The average molecular weight is 336 g/mol. The Bertz CT molecular complexity index is 730. The molecule has 0 bridgehead atoms. The van der Waals surface area contributed by atoms with E-state index < -0.39 is 9.84 Å². The molecule has 0 aliphatic rings. The van der Waals surface area contributed by atoms with E-state index in [1.165, 1.54) is 12.4 Å². The van der Waals surface area contributed by atoms with Crippen molar-refractivity contribution in [3.8, 4) is 0 Å². The highest BCUT2D eigenvalue weighted by molar-refractivity contribution is 7.90. The van der Waals surface area contributed by atoms with Crippen molar-refractivity contribution in [2.45, 2.75) is 23.8 Å². The molecule has 0 radical (unpaired) electrons. The van der Waals surface area contributed by atoms with Crippen LogP contribution < -0.4 is 11.1 Å². The molecule has 2 rings (SSSR count). The molecule has 4 N–H and O–H groups in total. The first kappa shape index (κ1) is 17.3. The maximum Gasteiger partial charge on any atom is 0.227 e. The summed E-state index contributed by atoms with van der Waals surface area (Å²) in [6, 6.07) is 7.48. The second-order valence-electron chi connectivity index (χ2n) is 5.32. The van der Waals surface area contributed by atoms with Gasteiger partial charge in [-0.15, -0.1) is 0 Å². The molecule has 0 saturated carbocycles. The van der Waals surface area contributed by atoms with E-state index in [0.29, 0.717) is 5.95 Å². The third kappa shape index (κ3) is 5.27. The van der Waals surface area contributed by atoms with Gasteiger partial charge in [-0.3, -0.25) is 0 Å². The Morgan fingerprint density at radius 1 is 1.22 bits per heavy atom. The van der Waals surface area contributed by atoms with Crippen molar-refractivity contribution in [3.05, 3.63) is 42.2 Å². The van der Waals surface area contributed by atoms with Crippen LogP contribution in [0.5, 0.6) is 0 Å². The van der Waals surface area contributed by atoms with Gasteiger partial charge >= 0.3 is 0 Å². The largest absolute Gasteiger partial charge is 0.395 e. The Labute approximate surface area is 135 Å². The van der Waals surface area contributed by atoms with Crippen LogP contribution in [0.15, 0.2) is 41.6 Å². The number of aliphatic hydroxyl groups excluding tert-OH is 1. The normalized spacial score (nSPS) is 12.8. The molecule has 0 amide bonds. The van der Waals surface area contributed by atoms with E-state index in [1.807, 2.05) is 24.3 Å². The minimum absolute atomic E-state index is 0.0134. The molecule has 2 aromatic rings. The third-order valence-corrected chi connectivity index (χ3v) is 4.37. The molecule has 1 aromatic carbocycles. The molecule has 8 heteroatoms. The van der Waals surface area contributed by atoms with Gasteiger partial charge in [-0.25, -0.2) is 18.4 Å². The van der Waals surface area contributed by atoms with Gasteiger partial charge in [0.25, 0.3) is 0 Å². The highest BCUT2D eigenvalue weighted by Gasteiger charge is 2.08. The summed E-state index contributed by atoms with van der Waals surface area (Å²) in [5.41, 5.74) is 7.59. The lowest BCUT2D eigenvalue weighted by atomic mass is 10.1. The Morgan fingerprint density at radius 3 is 2.35 bits per heavy atom. The molecule has 1 atom stereocenters. The van der Waals surface area contributed by atoms with E-state index in [1.54, 1.807) is 0 Å². The van der Waals surface area contributed by atoms with Crippen molar-refractivity contribution >= 4 is 21.5 Å². The van der Waals surface area contributed by atoms with E-state index in [9.17, 15) is 8.42 Å². The van der Waals surface area contributed by atoms with Gasteiger partial charge in [0.05, 0.1) is 19.0 Å². The topological polar surface area (TPSA) is 118 Å². The minimum Gasteiger partial charge on any atom is -0.395 e. The summed E-state index contributed by atoms with van der Waals surface area (Å²) in [5.74, 6) is 0.326. The molecule has 0 spiro atoms. The number of aliphatic hydroxyl groups is 1. The lowest BCUT2D eigenvalue weighted by Gasteiger charge is -2.09. The summed E-state index contributed by atoms with van der Waals surface area (Å²) in [6.45, 7) is -0.0134. The number of nitrogens with two attached hydrogens (primary N) is 1. The molecule has 124 valence electrons. The number of benzene rings is 1. The number of nitrogens with zero attached hydrogens (tertiary/aromatic N) is 2. The molecule has 0 aliphatic carbocycles. The SMILES string of the molecule is CS(=O)(=O)c1cnc(Nc2ccc(CCC(N)CO)cc2)nc1. The summed E-state index contributed by atoms with van der Waals surface area (Å²) in [5, 5.41) is 11.9. The van der Waals surface area contributed by atoms with Gasteiger partial charge in [-0.05, 0) is 30.5 Å². The van der Waals surface area contributed by atoms with Crippen molar-refractivity contribution in [2.24, 2.45) is 5.73 Å². The van der Waals surface area contributed by atoms with Gasteiger partial charge < -0.3 is 16.2 Å². The number of sulfone groups is 1. The fraction of sp³-hybridized carbons (Fsp3) is 0.333. The summed E-state index contributed by atoms with van der Waals surface area (Å²) < 4.78 is 22.7. The summed E-state index contributed by atoms with van der Waals surface area (Å²) in [7, 11) is -3.29. The molecular formula is C15H20N4O3S. The first-order valence-corrected chi connectivity index (χ1v) is 9.02. The Hall–Kier alpha value is -2.03. The zero-order valence-electron chi connectivity index (χ0n) is 12.8. The van der Waals surface area contributed by atoms with Crippen LogP contribution >= 0.6 is 0 Å². The van der Waals surface area contributed by atoms with Crippen LogP contribution in [0.1, 0.15) is 12.0 Å². The number of aromatic nitrogens is 2. The highest BCUT2D eigenvalue weighted by Crippen LogP contribution is 2.16. The number of nitrogens with one attached hydrogen (secondary N) is 1. The maximum atomic E-state index is 11.3. The number of aryl methyl sites for hydroxylation is 1. The van der Waals surface area contributed by atoms with Gasteiger partial charge in [-0.2, -0.15) is 0 Å². The van der Waals surface area contributed by atoms with E-state index in [2.05, 4.69) is 15.3 Å². The standard InChI is InChI=1S/C15H20N4O3S/c1-23(21,22)14-8-17-15(18-9-14)19-13-6-3-11(4-7-13)2-5-12(16)10-20/h3-4,6-9,12,20H,2,5,10,16H2,1H3,(H,17,18,19). The van der Waals surface area contributed by atoms with Crippen molar-refractivity contribution < 1.29 is 13.5 Å². The highest BCUT2D eigenvalue weighted by atomic mass is 32.2. The van der Waals surface area contributed by atoms with Crippen molar-refractivity contribution in [3.63, 3.8) is 0 Å². The third-order valence-electron chi connectivity index (χ3n) is 3.30. The van der Waals surface area contributed by atoms with Gasteiger partial charge in [0.2, 0.25) is 5.95 Å². The number of rotatable bonds is 7. The molecule has 23 heavy (non-hydrogen) atoms. The van der Waals surface area contributed by atoms with E-state index in [4.69, 9.17) is 10.8 Å². The molecule has 0 aliphatic heterocycles. The number of hydrogen-bond donors (Lipinski definition) is 3. The van der Waals surface area contributed by atoms with Gasteiger partial charge in [-0.1, -0.05) is 12.1 Å². The van der Waals surface area contributed by atoms with Gasteiger partial charge in [0, 0.05) is 18.0 Å². The first-order valence-electron chi connectivity index (χ1n) is 7.13. The zero-order chi connectivity index (χ0) is 16.9. The molecule has 1 aromatic heterocycles. The van der Waals surface area contributed by atoms with Crippen LogP contribution in [0.25, 0.3) is 0 Å². The van der Waals surface area contributed by atoms with Crippen molar-refractivity contribution in [1.82, 2.24) is 9.97 Å². The predicted octanol–water partition coefficient (Wildman–Crippen LogP) is 0.876. The van der Waals surface area contributed by atoms with E-state index >= 15 is 0 Å². The Balaban J connectivity index is 1.98. The Morgan fingerprint density at radius 2 is 1.83 bits per heavy atom. The van der Waals surface area contributed by atoms with Crippen LogP contribution in [0.4, 0.5) is 11.6 Å². The molecule has 1 heterocycles. The van der Waals surface area contributed by atoms with Crippen LogP contribution in [-0.4, -0.2) is 42.4 Å². The van der Waals surface area contributed by atoms with Crippen LogP contribution in [0.2, 0.25) is 0 Å². The lowest BCUT2D eigenvalue weighted by molar-refractivity contribution is 0.260. The summed E-state index contributed by atoms with van der Waals surface area (Å²) in [4.78, 5) is 8.06. The second-order valence-corrected chi connectivity index (χ2v) is 7.33. The minimum atomic E-state index is -3.29. The zero-order valence-corrected chi connectivity index (χ0v) is 13.6. The monoisotopic (exact) mass is 336 g/mol. The van der Waals surface area contributed by atoms with Crippen LogP contribution in [-0.2, 0) is 16.3 Å². The number of hydrogen-bond acceptors (Lipinski definition) is 7. The fourth-order valence-corrected chi connectivity index (χ4v) is 2.39. The average Bonchev–Trinajstić information content (AvgIpc) is 2.53. The Kier molecular flexibility index (Phi) is 5.64. The molecule has 0 fully saturated rings. The quantitative estimate of drug-likeness (QED) is 0.686. The van der Waals surface area contributed by atoms with Gasteiger partial charge in [0.15, 0.2) is 9.84 Å². The van der Waals surface area contributed by atoms with Crippen LogP contribution in [0.3, 0.4) is 0 Å². The summed E-state index contributed by atoms with van der Waals surface area (Å²) in [6.07, 6.45) is 5.17. The van der Waals surface area contributed by atoms with Crippen molar-refractivity contribution in [1.29, 1.82) is 0 Å². The lowest BCUT2D eigenvalue weighted by Crippen LogP contribution is -2.24. The predicted molar refractivity (Wildman–Crippen MR) is 88.2 cm³/mol. The smallest absolute Gasteiger partial charge is 0.227 e. The summed E-state index contributed by atoms with van der Waals surface area (Å²) >= 11 is 0. The maximum absolute atomic E-state index is 11.3. The molecule has 1 unspecified atom stereocenters. The fourth-order valence-electron chi connectivity index (χ4n) is 1.90. The van der Waals surface area contributed by atoms with Gasteiger partial charge in [0.1, 0.15) is 4.90 Å². The first-order chi connectivity index (χ1) is 10.9. The van der Waals surface area contributed by atoms with E-state index in [0.717, 1.165) is 30.3 Å². The van der Waals surface area contributed by atoms with Crippen LogP contribution in [0, 0.1) is 0 Å². The number of anilines is 2. The van der Waals surface area contributed by atoms with E-state index in [-0.39, 0.29) is 17.5 Å². The molecule has 0 saturated heterocycles. The molecular weight excluding hydrogens is 316 g/mol. The molecule has 7 nitrogen and oxygen atoms in total. The second kappa shape index (κ2) is 7.49.